The lowest BCUT2D eigenvalue weighted by molar-refractivity contribution is -0.140. The molecule has 0 aliphatic heterocycles. The third-order valence-corrected chi connectivity index (χ3v) is 6.77. The molecule has 1 aromatic heterocycles. The van der Waals surface area contributed by atoms with Crippen LogP contribution >= 0.6 is 11.6 Å². The Kier molecular flexibility index (Phi) is 7.36. The van der Waals surface area contributed by atoms with Crippen molar-refractivity contribution in [3.63, 3.8) is 0 Å². The van der Waals surface area contributed by atoms with Crippen LogP contribution in [0.25, 0.3) is 0 Å². The molecule has 1 heterocycles. The molecular weight excluding hydrogens is 346 g/mol. The quantitative estimate of drug-likeness (QED) is 0.422. The number of esters is 1. The number of hydrogen-bond donors (Lipinski definition) is 0. The molecule has 0 radical (unpaired) electrons. The van der Waals surface area contributed by atoms with Gasteiger partial charge in [-0.3, -0.25) is 4.79 Å². The fraction of sp³-hybridized carbons (Fsp3) is 0.727. The van der Waals surface area contributed by atoms with Gasteiger partial charge in [0.2, 0.25) is 0 Å². The van der Waals surface area contributed by atoms with Crippen molar-refractivity contribution in [3.8, 4) is 5.75 Å². The highest BCUT2D eigenvalue weighted by molar-refractivity contribution is 6.29. The molecule has 0 spiro atoms. The van der Waals surface area contributed by atoms with Crippen molar-refractivity contribution in [1.29, 1.82) is 0 Å². The first-order chi connectivity index (χ1) is 12.7. The van der Waals surface area contributed by atoms with E-state index >= 15 is 0 Å². The van der Waals surface area contributed by atoms with E-state index in [2.05, 4.69) is 11.9 Å². The van der Waals surface area contributed by atoms with Crippen LogP contribution in [0.1, 0.15) is 77.6 Å². The summed E-state index contributed by atoms with van der Waals surface area (Å²) in [6.45, 7) is 2.29. The van der Waals surface area contributed by atoms with Crippen LogP contribution in [0.4, 0.5) is 0 Å². The second-order valence-electron chi connectivity index (χ2n) is 8.27. The van der Waals surface area contributed by atoms with Gasteiger partial charge in [0.25, 0.3) is 0 Å². The molecule has 1 aromatic rings. The lowest BCUT2D eigenvalue weighted by Gasteiger charge is -2.37. The fourth-order valence-electron chi connectivity index (χ4n) is 4.89. The van der Waals surface area contributed by atoms with E-state index in [1.165, 1.54) is 64.0 Å². The second kappa shape index (κ2) is 9.73. The van der Waals surface area contributed by atoms with Crippen molar-refractivity contribution in [2.24, 2.45) is 23.7 Å². The summed E-state index contributed by atoms with van der Waals surface area (Å²) in [6.07, 6.45) is 15.6. The Bertz CT molecular complexity index is 558. The Morgan fingerprint density at radius 3 is 2.31 bits per heavy atom. The molecule has 2 aliphatic carbocycles. The molecule has 26 heavy (non-hydrogen) atoms. The normalized spacial score (nSPS) is 29.3. The molecule has 0 aromatic carbocycles. The summed E-state index contributed by atoms with van der Waals surface area (Å²) in [5, 5.41) is 0.412. The molecule has 3 rings (SSSR count). The van der Waals surface area contributed by atoms with Crippen LogP contribution in [-0.2, 0) is 4.79 Å². The predicted molar refractivity (Wildman–Crippen MR) is 105 cm³/mol. The average molecular weight is 378 g/mol. The van der Waals surface area contributed by atoms with E-state index in [-0.39, 0.29) is 11.9 Å². The zero-order chi connectivity index (χ0) is 18.4. The average Bonchev–Trinajstić information content (AvgIpc) is 2.68. The minimum Gasteiger partial charge on any atom is -0.425 e. The molecular formula is C22H32ClNO2. The third kappa shape index (κ3) is 5.45. The first-order valence-corrected chi connectivity index (χ1v) is 10.9. The maximum Gasteiger partial charge on any atom is 0.314 e. The Labute approximate surface area is 162 Å². The number of hydrogen-bond acceptors (Lipinski definition) is 3. The first kappa shape index (κ1) is 19.7. The van der Waals surface area contributed by atoms with Gasteiger partial charge >= 0.3 is 5.97 Å². The van der Waals surface area contributed by atoms with Gasteiger partial charge in [0.05, 0.1) is 12.1 Å². The van der Waals surface area contributed by atoms with E-state index < -0.39 is 0 Å². The van der Waals surface area contributed by atoms with Crippen LogP contribution in [-0.4, -0.2) is 11.0 Å². The molecule has 4 heteroatoms. The van der Waals surface area contributed by atoms with Gasteiger partial charge < -0.3 is 4.74 Å². The molecule has 0 unspecified atom stereocenters. The minimum atomic E-state index is -0.101. The van der Waals surface area contributed by atoms with Gasteiger partial charge in [0, 0.05) is 0 Å². The topological polar surface area (TPSA) is 39.2 Å². The number of rotatable bonds is 6. The van der Waals surface area contributed by atoms with E-state index in [1.54, 1.807) is 12.1 Å². The number of ether oxygens (including phenoxy) is 1. The van der Waals surface area contributed by atoms with Gasteiger partial charge in [-0.1, -0.05) is 50.6 Å². The fourth-order valence-corrected chi connectivity index (χ4v) is 5.00. The van der Waals surface area contributed by atoms with Crippen molar-refractivity contribution < 1.29 is 9.53 Å². The number of unbranched alkanes of at least 4 members (excludes halogenated alkanes) is 1. The Balaban J connectivity index is 1.40. The van der Waals surface area contributed by atoms with Gasteiger partial charge in [-0.05, 0) is 68.4 Å². The van der Waals surface area contributed by atoms with E-state index in [0.29, 0.717) is 10.9 Å². The largest absolute Gasteiger partial charge is 0.425 e. The van der Waals surface area contributed by atoms with Crippen molar-refractivity contribution in [2.45, 2.75) is 77.6 Å². The minimum absolute atomic E-state index is 0.0443. The maximum atomic E-state index is 12.4. The number of pyridine rings is 1. The van der Waals surface area contributed by atoms with Crippen molar-refractivity contribution in [2.75, 3.05) is 0 Å². The summed E-state index contributed by atoms with van der Waals surface area (Å²) in [5.41, 5.74) is 0. The summed E-state index contributed by atoms with van der Waals surface area (Å²) in [5.74, 6) is 3.13. The molecule has 0 bridgehead atoms. The van der Waals surface area contributed by atoms with Gasteiger partial charge in [0.1, 0.15) is 10.9 Å². The Morgan fingerprint density at radius 2 is 1.73 bits per heavy atom. The molecule has 0 N–H and O–H groups in total. The van der Waals surface area contributed by atoms with Crippen LogP contribution < -0.4 is 4.74 Å². The summed E-state index contributed by atoms with van der Waals surface area (Å²) < 4.78 is 5.48. The smallest absolute Gasteiger partial charge is 0.314 e. The van der Waals surface area contributed by atoms with Crippen LogP contribution in [0.2, 0.25) is 5.15 Å². The van der Waals surface area contributed by atoms with E-state index in [1.807, 2.05) is 0 Å². The standard InChI is InChI=1S/C22H32ClNO2/c1-2-3-4-16-5-7-17(8-6-16)18-9-11-19(12-10-18)22(25)26-20-13-14-21(23)24-15-20/h13-19H,2-12H2,1H3/t16-,17-,18-,19-. The number of nitrogens with zero attached hydrogens (tertiary/aromatic N) is 1. The Morgan fingerprint density at radius 1 is 1.08 bits per heavy atom. The van der Waals surface area contributed by atoms with Crippen LogP contribution in [0.5, 0.6) is 5.75 Å². The number of aromatic nitrogens is 1. The van der Waals surface area contributed by atoms with Gasteiger partial charge in [-0.15, -0.1) is 0 Å². The highest BCUT2D eigenvalue weighted by Crippen LogP contribution is 2.42. The monoisotopic (exact) mass is 377 g/mol. The molecule has 2 fully saturated rings. The number of carbonyl (C=O) groups is 1. The first-order valence-electron chi connectivity index (χ1n) is 10.5. The Hall–Kier alpha value is -1.09. The van der Waals surface area contributed by atoms with Crippen LogP contribution in [0, 0.1) is 23.7 Å². The van der Waals surface area contributed by atoms with Crippen LogP contribution in [0.15, 0.2) is 18.3 Å². The van der Waals surface area contributed by atoms with Gasteiger partial charge in [-0.2, -0.15) is 0 Å². The second-order valence-corrected chi connectivity index (χ2v) is 8.66. The third-order valence-electron chi connectivity index (χ3n) is 6.55. The summed E-state index contributed by atoms with van der Waals surface area (Å²) >= 11 is 5.77. The van der Waals surface area contributed by atoms with Crippen molar-refractivity contribution >= 4 is 17.6 Å². The van der Waals surface area contributed by atoms with E-state index in [4.69, 9.17) is 16.3 Å². The molecule has 0 atom stereocenters. The van der Waals surface area contributed by atoms with Gasteiger partial charge in [-0.25, -0.2) is 4.98 Å². The summed E-state index contributed by atoms with van der Waals surface area (Å²) in [4.78, 5) is 16.4. The zero-order valence-corrected chi connectivity index (χ0v) is 16.7. The highest BCUT2D eigenvalue weighted by atomic mass is 35.5. The lowest BCUT2D eigenvalue weighted by Crippen LogP contribution is -2.30. The summed E-state index contributed by atoms with van der Waals surface area (Å²) in [6, 6.07) is 3.35. The summed E-state index contributed by atoms with van der Waals surface area (Å²) in [7, 11) is 0. The molecule has 144 valence electrons. The predicted octanol–water partition coefficient (Wildman–Crippen LogP) is 6.44. The van der Waals surface area contributed by atoms with Gasteiger partial charge in [0.15, 0.2) is 0 Å². The lowest BCUT2D eigenvalue weighted by atomic mass is 9.68. The van der Waals surface area contributed by atoms with Crippen LogP contribution in [0.3, 0.4) is 0 Å². The molecule has 0 amide bonds. The zero-order valence-electron chi connectivity index (χ0n) is 16.0. The maximum absolute atomic E-state index is 12.4. The van der Waals surface area contributed by atoms with Crippen molar-refractivity contribution in [3.05, 3.63) is 23.5 Å². The van der Waals surface area contributed by atoms with E-state index in [0.717, 1.165) is 30.6 Å². The highest BCUT2D eigenvalue weighted by Gasteiger charge is 2.33. The molecule has 0 saturated heterocycles. The molecule has 3 nitrogen and oxygen atoms in total. The number of carbonyl (C=O) groups excluding carboxylic acids is 1. The molecule has 2 aliphatic rings. The SMILES string of the molecule is CCCC[C@H]1CC[C@H]([C@H]2CC[C@H](C(=O)Oc3ccc(Cl)nc3)CC2)CC1. The molecule has 2 saturated carbocycles. The van der Waals surface area contributed by atoms with E-state index in [9.17, 15) is 4.79 Å². The van der Waals surface area contributed by atoms with Crippen molar-refractivity contribution in [1.82, 2.24) is 4.98 Å². The number of halogens is 1.